The number of nitrogens with one attached hydrogen (secondary N) is 1. The molecule has 1 N–H and O–H groups in total. The Morgan fingerprint density at radius 3 is 2.53 bits per heavy atom. The molecule has 4 nitrogen and oxygen atoms in total. The van der Waals surface area contributed by atoms with Gasteiger partial charge in [0.25, 0.3) is 0 Å². The molecule has 2 heterocycles. The van der Waals surface area contributed by atoms with Crippen molar-refractivity contribution >= 4 is 10.9 Å². The van der Waals surface area contributed by atoms with Crippen LogP contribution < -0.4 is 4.74 Å². The third-order valence-electron chi connectivity index (χ3n) is 1.83. The van der Waals surface area contributed by atoms with Gasteiger partial charge in [-0.05, 0) is 6.92 Å². The van der Waals surface area contributed by atoms with E-state index >= 15 is 0 Å². The summed E-state index contributed by atoms with van der Waals surface area (Å²) in [6.07, 6.45) is -3.50. The maximum Gasteiger partial charge on any atom is 0.574 e. The van der Waals surface area contributed by atoms with Crippen LogP contribution in [0.15, 0.2) is 12.3 Å². The fraction of sp³-hybridized carbons (Fsp3) is 0.400. The highest BCUT2D eigenvalue weighted by atomic mass is 19.4. The minimum Gasteiger partial charge on any atom is -0.388 e. The van der Waals surface area contributed by atoms with Crippen LogP contribution in [0.2, 0.25) is 0 Å². The van der Waals surface area contributed by atoms with Crippen LogP contribution in [0.25, 0.3) is 10.9 Å². The molecule has 94 valence electrons. The lowest BCUT2D eigenvalue weighted by molar-refractivity contribution is -0.276. The summed E-state index contributed by atoms with van der Waals surface area (Å²) in [6.45, 7) is 5.70. The van der Waals surface area contributed by atoms with Gasteiger partial charge >= 0.3 is 6.36 Å². The lowest BCUT2D eigenvalue weighted by Gasteiger charge is -2.06. The number of H-pyrrole nitrogens is 1. The Morgan fingerprint density at radius 2 is 1.94 bits per heavy atom. The molecular formula is C10H12F3N3O. The van der Waals surface area contributed by atoms with Gasteiger partial charge in [0, 0.05) is 17.1 Å². The Hall–Kier alpha value is -1.79. The second-order valence-corrected chi connectivity index (χ2v) is 2.94. The second kappa shape index (κ2) is 5.03. The lowest BCUT2D eigenvalue weighted by Crippen LogP contribution is -2.17. The quantitative estimate of drug-likeness (QED) is 0.841. The minimum atomic E-state index is -4.72. The summed E-state index contributed by atoms with van der Waals surface area (Å²) in [5.41, 5.74) is 1.17. The van der Waals surface area contributed by atoms with Gasteiger partial charge in [0.1, 0.15) is 5.52 Å². The number of aromatic amines is 1. The molecule has 0 fully saturated rings. The number of alkyl halides is 3. The Bertz CT molecular complexity index is 493. The molecule has 0 saturated carbocycles. The maximum absolute atomic E-state index is 11.9. The van der Waals surface area contributed by atoms with Crippen molar-refractivity contribution in [3.63, 3.8) is 0 Å². The number of fused-ring (bicyclic) bond motifs is 1. The molecule has 0 aromatic carbocycles. The number of nitrogens with zero attached hydrogens (tertiary/aromatic N) is 2. The fourth-order valence-electron chi connectivity index (χ4n) is 1.20. The SMILES string of the molecule is CC.Cc1[nH]nc2cnc(OC(F)(F)F)cc12. The summed E-state index contributed by atoms with van der Waals surface area (Å²) in [5, 5.41) is 7.03. The molecule has 0 spiro atoms. The zero-order valence-corrected chi connectivity index (χ0v) is 9.59. The highest BCUT2D eigenvalue weighted by Crippen LogP contribution is 2.24. The maximum atomic E-state index is 11.9. The van der Waals surface area contributed by atoms with Crippen molar-refractivity contribution in [3.8, 4) is 5.88 Å². The molecule has 0 saturated heterocycles. The van der Waals surface area contributed by atoms with Crippen LogP contribution in [0.1, 0.15) is 19.5 Å². The van der Waals surface area contributed by atoms with E-state index in [0.717, 1.165) is 0 Å². The molecule has 0 aliphatic carbocycles. The number of pyridine rings is 1. The summed E-state index contributed by atoms with van der Waals surface area (Å²) in [5.74, 6) is -0.487. The van der Waals surface area contributed by atoms with Gasteiger partial charge in [0.2, 0.25) is 5.88 Å². The van der Waals surface area contributed by atoms with Gasteiger partial charge in [0.15, 0.2) is 0 Å². The van der Waals surface area contributed by atoms with Crippen molar-refractivity contribution in [1.82, 2.24) is 15.2 Å². The van der Waals surface area contributed by atoms with E-state index in [0.29, 0.717) is 16.6 Å². The Kier molecular flexibility index (Phi) is 3.93. The second-order valence-electron chi connectivity index (χ2n) is 2.94. The Morgan fingerprint density at radius 1 is 1.29 bits per heavy atom. The van der Waals surface area contributed by atoms with Crippen LogP contribution in [0.3, 0.4) is 0 Å². The predicted molar refractivity (Wildman–Crippen MR) is 56.7 cm³/mol. The molecule has 0 atom stereocenters. The molecule has 0 aliphatic heterocycles. The van der Waals surface area contributed by atoms with Crippen LogP contribution in [0.5, 0.6) is 5.88 Å². The summed E-state index contributed by atoms with van der Waals surface area (Å²) in [4.78, 5) is 3.48. The van der Waals surface area contributed by atoms with E-state index in [1.165, 1.54) is 12.3 Å². The highest BCUT2D eigenvalue weighted by Gasteiger charge is 2.31. The number of hydrogen-bond acceptors (Lipinski definition) is 3. The number of hydrogen-bond donors (Lipinski definition) is 1. The first-order chi connectivity index (χ1) is 7.96. The highest BCUT2D eigenvalue weighted by molar-refractivity contribution is 5.81. The van der Waals surface area contributed by atoms with E-state index in [1.807, 2.05) is 13.8 Å². The molecule has 0 radical (unpaired) electrons. The molecule has 2 aromatic rings. The van der Waals surface area contributed by atoms with Gasteiger partial charge in [0.05, 0.1) is 6.20 Å². The number of halogens is 3. The van der Waals surface area contributed by atoms with E-state index in [9.17, 15) is 13.2 Å². The number of aryl methyl sites for hydroxylation is 1. The Balaban J connectivity index is 0.000000686. The van der Waals surface area contributed by atoms with E-state index in [-0.39, 0.29) is 0 Å². The van der Waals surface area contributed by atoms with Crippen LogP contribution in [-0.4, -0.2) is 21.5 Å². The van der Waals surface area contributed by atoms with Gasteiger partial charge in [-0.25, -0.2) is 4.98 Å². The van der Waals surface area contributed by atoms with Crippen LogP contribution in [0.4, 0.5) is 13.2 Å². The summed E-state index contributed by atoms with van der Waals surface area (Å²) in [7, 11) is 0. The zero-order valence-electron chi connectivity index (χ0n) is 9.59. The average molecular weight is 247 g/mol. The summed E-state index contributed by atoms with van der Waals surface area (Å²) < 4.78 is 39.3. The van der Waals surface area contributed by atoms with E-state index in [2.05, 4.69) is 19.9 Å². The number of aromatic nitrogens is 3. The minimum absolute atomic E-state index is 0.487. The first-order valence-electron chi connectivity index (χ1n) is 5.02. The molecular weight excluding hydrogens is 235 g/mol. The third-order valence-corrected chi connectivity index (χ3v) is 1.83. The molecule has 7 heteroatoms. The molecule has 2 aromatic heterocycles. The molecule has 0 amide bonds. The molecule has 0 aliphatic rings. The topological polar surface area (TPSA) is 50.8 Å². The van der Waals surface area contributed by atoms with Gasteiger partial charge in [-0.2, -0.15) is 5.10 Å². The van der Waals surface area contributed by atoms with Gasteiger partial charge in [-0.15, -0.1) is 13.2 Å². The van der Waals surface area contributed by atoms with Crippen molar-refractivity contribution in [2.24, 2.45) is 0 Å². The largest absolute Gasteiger partial charge is 0.574 e. The number of ether oxygens (including phenoxy) is 1. The van der Waals surface area contributed by atoms with Crippen molar-refractivity contribution < 1.29 is 17.9 Å². The van der Waals surface area contributed by atoms with Gasteiger partial charge < -0.3 is 4.74 Å². The van der Waals surface area contributed by atoms with E-state index < -0.39 is 12.2 Å². The molecule has 0 bridgehead atoms. The van der Waals surface area contributed by atoms with Crippen LogP contribution in [0, 0.1) is 6.92 Å². The van der Waals surface area contributed by atoms with Gasteiger partial charge in [-0.1, -0.05) is 13.8 Å². The predicted octanol–water partition coefficient (Wildman–Crippen LogP) is 3.19. The first-order valence-corrected chi connectivity index (χ1v) is 5.02. The Labute approximate surface area is 95.8 Å². The smallest absolute Gasteiger partial charge is 0.388 e. The van der Waals surface area contributed by atoms with E-state index in [1.54, 1.807) is 6.92 Å². The zero-order chi connectivity index (χ0) is 13.1. The van der Waals surface area contributed by atoms with Crippen molar-refractivity contribution in [2.75, 3.05) is 0 Å². The normalized spacial score (nSPS) is 10.9. The summed E-state index contributed by atoms with van der Waals surface area (Å²) in [6, 6.07) is 1.20. The van der Waals surface area contributed by atoms with Crippen molar-refractivity contribution in [2.45, 2.75) is 27.1 Å². The number of rotatable bonds is 1. The third kappa shape index (κ3) is 3.33. The molecule has 2 rings (SSSR count). The van der Waals surface area contributed by atoms with Crippen LogP contribution >= 0.6 is 0 Å². The molecule has 17 heavy (non-hydrogen) atoms. The summed E-state index contributed by atoms with van der Waals surface area (Å²) >= 11 is 0. The van der Waals surface area contributed by atoms with Crippen molar-refractivity contribution in [1.29, 1.82) is 0 Å². The van der Waals surface area contributed by atoms with Crippen molar-refractivity contribution in [3.05, 3.63) is 18.0 Å². The lowest BCUT2D eigenvalue weighted by atomic mass is 10.2. The van der Waals surface area contributed by atoms with E-state index in [4.69, 9.17) is 0 Å². The van der Waals surface area contributed by atoms with Gasteiger partial charge in [-0.3, -0.25) is 5.10 Å². The molecule has 0 unspecified atom stereocenters. The fourth-order valence-corrected chi connectivity index (χ4v) is 1.20. The van der Waals surface area contributed by atoms with Crippen LogP contribution in [-0.2, 0) is 0 Å². The monoisotopic (exact) mass is 247 g/mol. The first kappa shape index (κ1) is 13.3. The standard InChI is InChI=1S/C8H6F3N3O.C2H6/c1-4-5-2-7(15-8(9,10)11)12-3-6(5)14-13-4;1-2/h2-3H,1H3,(H,13,14);1-2H3. The average Bonchev–Trinajstić information content (AvgIpc) is 2.61.